The van der Waals surface area contributed by atoms with E-state index in [1.54, 1.807) is 20.3 Å². The van der Waals surface area contributed by atoms with Crippen molar-refractivity contribution in [2.24, 2.45) is 0 Å². The van der Waals surface area contributed by atoms with Gasteiger partial charge in [-0.1, -0.05) is 6.08 Å². The van der Waals surface area contributed by atoms with Crippen LogP contribution in [-0.2, 0) is 6.42 Å². The Balaban J connectivity index is 2.32. The van der Waals surface area contributed by atoms with Crippen molar-refractivity contribution in [3.8, 4) is 11.5 Å². The lowest BCUT2D eigenvalue weighted by molar-refractivity contribution is 0.230. The number of nitrogens with zero attached hydrogens (tertiary/aromatic N) is 1. The minimum absolute atomic E-state index is 0.0643. The number of methoxy groups -OCH3 is 2. The largest absolute Gasteiger partial charge is 0.493 e. The summed E-state index contributed by atoms with van der Waals surface area (Å²) in [7, 11) is 3.24. The number of hydrogen-bond acceptors (Lipinski definition) is 4. The number of rotatable bonds is 7. The molecule has 1 atom stereocenters. The summed E-state index contributed by atoms with van der Waals surface area (Å²) in [5.74, 6) is 1.36. The van der Waals surface area contributed by atoms with Crippen LogP contribution in [-0.4, -0.2) is 55.9 Å². The predicted octanol–water partition coefficient (Wildman–Crippen LogP) is 2.37. The summed E-state index contributed by atoms with van der Waals surface area (Å²) in [6, 6.07) is 3.73. The van der Waals surface area contributed by atoms with E-state index >= 15 is 0 Å². The van der Waals surface area contributed by atoms with Crippen LogP contribution in [0.5, 0.6) is 11.5 Å². The number of benzene rings is 1. The third kappa shape index (κ3) is 5.28. The molecule has 8 heteroatoms. The molecule has 7 nitrogen and oxygen atoms in total. The molecule has 0 bridgehead atoms. The zero-order valence-corrected chi connectivity index (χ0v) is 17.8. The molecule has 154 valence electrons. The number of thiocarbonyl (C=S) groups is 1. The molecule has 0 aliphatic carbocycles. The average molecular weight is 407 g/mol. The predicted molar refractivity (Wildman–Crippen MR) is 115 cm³/mol. The van der Waals surface area contributed by atoms with E-state index in [0.29, 0.717) is 29.7 Å². The average Bonchev–Trinajstić information content (AvgIpc) is 2.68. The van der Waals surface area contributed by atoms with Crippen molar-refractivity contribution in [3.63, 3.8) is 0 Å². The summed E-state index contributed by atoms with van der Waals surface area (Å²) in [5.41, 5.74) is 2.23. The van der Waals surface area contributed by atoms with Crippen LogP contribution in [0.25, 0.3) is 0 Å². The molecule has 0 radical (unpaired) electrons. The fourth-order valence-corrected chi connectivity index (χ4v) is 3.56. The number of carbonyl (C=O) groups excluding carboxylic acids is 1. The van der Waals surface area contributed by atoms with E-state index in [1.807, 2.05) is 26.0 Å². The highest BCUT2D eigenvalue weighted by Crippen LogP contribution is 2.38. The molecule has 0 saturated carbocycles. The van der Waals surface area contributed by atoms with E-state index in [4.69, 9.17) is 21.7 Å². The van der Waals surface area contributed by atoms with Crippen LogP contribution in [0.15, 0.2) is 24.8 Å². The topological polar surface area (TPSA) is 74.9 Å². The van der Waals surface area contributed by atoms with E-state index in [1.165, 1.54) is 0 Å². The van der Waals surface area contributed by atoms with Gasteiger partial charge in [0.05, 0.1) is 20.3 Å². The van der Waals surface area contributed by atoms with Gasteiger partial charge in [0.25, 0.3) is 0 Å². The van der Waals surface area contributed by atoms with E-state index in [0.717, 1.165) is 24.1 Å². The maximum atomic E-state index is 12.1. The van der Waals surface area contributed by atoms with Gasteiger partial charge in [-0.3, -0.25) is 0 Å². The zero-order chi connectivity index (χ0) is 20.7. The second kappa shape index (κ2) is 10.2. The Morgan fingerprint density at radius 3 is 2.61 bits per heavy atom. The van der Waals surface area contributed by atoms with Gasteiger partial charge in [-0.05, 0) is 55.7 Å². The van der Waals surface area contributed by atoms with Crippen LogP contribution < -0.4 is 25.4 Å². The molecule has 0 fully saturated rings. The Hall–Kier alpha value is -2.48. The summed E-state index contributed by atoms with van der Waals surface area (Å²) < 4.78 is 10.9. The van der Waals surface area contributed by atoms with Gasteiger partial charge in [-0.15, -0.1) is 6.58 Å². The minimum Gasteiger partial charge on any atom is -0.493 e. The van der Waals surface area contributed by atoms with Crippen LogP contribution in [0.4, 0.5) is 4.79 Å². The van der Waals surface area contributed by atoms with Gasteiger partial charge in [0.2, 0.25) is 0 Å². The lowest BCUT2D eigenvalue weighted by atomic mass is 9.92. The number of nitrogens with one attached hydrogen (secondary N) is 3. The Labute approximate surface area is 172 Å². The Morgan fingerprint density at radius 2 is 2.00 bits per heavy atom. The fraction of sp³-hybridized carbons (Fsp3) is 0.500. The van der Waals surface area contributed by atoms with Gasteiger partial charge < -0.3 is 30.3 Å². The monoisotopic (exact) mass is 406 g/mol. The first kappa shape index (κ1) is 21.8. The lowest BCUT2D eigenvalue weighted by Gasteiger charge is -2.39. The van der Waals surface area contributed by atoms with Crippen molar-refractivity contribution < 1.29 is 14.3 Å². The SMILES string of the molecule is C=CCNC(=S)N1CCc2cc(OC)c(OC)cc2[C@H]1CNC(=O)NC(C)C. The molecule has 3 N–H and O–H groups in total. The lowest BCUT2D eigenvalue weighted by Crippen LogP contribution is -2.50. The molecule has 1 aromatic rings. The van der Waals surface area contributed by atoms with Crippen molar-refractivity contribution in [1.82, 2.24) is 20.9 Å². The molecule has 1 aliphatic rings. The minimum atomic E-state index is -0.201. The second-order valence-corrected chi connectivity index (χ2v) is 7.24. The number of urea groups is 1. The van der Waals surface area contributed by atoms with E-state index in [-0.39, 0.29) is 18.1 Å². The van der Waals surface area contributed by atoms with Gasteiger partial charge in [0, 0.05) is 25.7 Å². The van der Waals surface area contributed by atoms with E-state index in [2.05, 4.69) is 27.4 Å². The van der Waals surface area contributed by atoms with Crippen LogP contribution in [0.2, 0.25) is 0 Å². The highest BCUT2D eigenvalue weighted by Gasteiger charge is 2.31. The van der Waals surface area contributed by atoms with Gasteiger partial charge in [-0.2, -0.15) is 0 Å². The second-order valence-electron chi connectivity index (χ2n) is 6.85. The number of amides is 2. The molecule has 0 spiro atoms. The van der Waals surface area contributed by atoms with E-state index < -0.39 is 0 Å². The summed E-state index contributed by atoms with van der Waals surface area (Å²) >= 11 is 5.59. The molecular weight excluding hydrogens is 376 g/mol. The number of carbonyl (C=O) groups is 1. The highest BCUT2D eigenvalue weighted by molar-refractivity contribution is 7.80. The molecular formula is C20H30N4O3S. The van der Waals surface area contributed by atoms with Crippen LogP contribution in [0.3, 0.4) is 0 Å². The smallest absolute Gasteiger partial charge is 0.315 e. The van der Waals surface area contributed by atoms with Crippen molar-refractivity contribution in [2.45, 2.75) is 32.4 Å². The fourth-order valence-electron chi connectivity index (χ4n) is 3.25. The third-order valence-electron chi connectivity index (χ3n) is 4.54. The van der Waals surface area contributed by atoms with Crippen molar-refractivity contribution in [2.75, 3.05) is 33.9 Å². The third-order valence-corrected chi connectivity index (χ3v) is 4.92. The summed E-state index contributed by atoms with van der Waals surface area (Å²) in [6.07, 6.45) is 2.59. The van der Waals surface area contributed by atoms with Crippen LogP contribution >= 0.6 is 12.2 Å². The zero-order valence-electron chi connectivity index (χ0n) is 17.0. The number of hydrogen-bond donors (Lipinski definition) is 3. The van der Waals surface area contributed by atoms with Gasteiger partial charge in [0.15, 0.2) is 16.6 Å². The van der Waals surface area contributed by atoms with Crippen molar-refractivity contribution in [3.05, 3.63) is 35.9 Å². The quantitative estimate of drug-likeness (QED) is 0.477. The first-order valence-electron chi connectivity index (χ1n) is 9.35. The molecule has 0 saturated heterocycles. The number of fused-ring (bicyclic) bond motifs is 1. The number of ether oxygens (including phenoxy) is 2. The van der Waals surface area contributed by atoms with Crippen LogP contribution in [0.1, 0.15) is 31.0 Å². The maximum absolute atomic E-state index is 12.1. The summed E-state index contributed by atoms with van der Waals surface area (Å²) in [6.45, 7) is 9.31. The van der Waals surface area contributed by atoms with Gasteiger partial charge in [-0.25, -0.2) is 4.79 Å². The first-order valence-corrected chi connectivity index (χ1v) is 9.76. The Kier molecular flexibility index (Phi) is 7.92. The van der Waals surface area contributed by atoms with E-state index in [9.17, 15) is 4.79 Å². The standard InChI is InChI=1S/C20H30N4O3S/c1-6-8-21-20(28)24-9-7-14-10-17(26-4)18(27-5)11-15(14)16(24)12-22-19(25)23-13(2)3/h6,10-11,13,16H,1,7-9,12H2,2-5H3,(H,21,28)(H2,22,23,25)/t16-/m1/s1. The van der Waals surface area contributed by atoms with Crippen molar-refractivity contribution >= 4 is 23.4 Å². The Morgan fingerprint density at radius 1 is 1.32 bits per heavy atom. The first-order chi connectivity index (χ1) is 13.4. The van der Waals surface area contributed by atoms with Gasteiger partial charge in [0.1, 0.15) is 0 Å². The molecule has 1 aliphatic heterocycles. The molecule has 0 aromatic heterocycles. The molecule has 2 rings (SSSR count). The maximum Gasteiger partial charge on any atom is 0.315 e. The molecule has 1 aromatic carbocycles. The molecule has 28 heavy (non-hydrogen) atoms. The van der Waals surface area contributed by atoms with Crippen molar-refractivity contribution in [1.29, 1.82) is 0 Å². The van der Waals surface area contributed by atoms with Crippen LogP contribution in [0, 0.1) is 0 Å². The summed E-state index contributed by atoms with van der Waals surface area (Å²) in [5, 5.41) is 9.64. The normalized spacial score (nSPS) is 15.5. The summed E-state index contributed by atoms with van der Waals surface area (Å²) in [4.78, 5) is 14.2. The highest BCUT2D eigenvalue weighted by atomic mass is 32.1. The molecule has 2 amide bonds. The molecule has 1 heterocycles. The Bertz CT molecular complexity index is 724. The molecule has 0 unspecified atom stereocenters. The van der Waals surface area contributed by atoms with Gasteiger partial charge >= 0.3 is 6.03 Å².